The molecule has 0 saturated carbocycles. The number of hydrogen-bond donors (Lipinski definition) is 0. The van der Waals surface area contributed by atoms with E-state index in [1.54, 1.807) is 24.3 Å². The summed E-state index contributed by atoms with van der Waals surface area (Å²) < 4.78 is 16.3. The molecule has 0 spiro atoms. The van der Waals surface area contributed by atoms with Crippen LogP contribution in [0.3, 0.4) is 0 Å². The van der Waals surface area contributed by atoms with Gasteiger partial charge in [-0.2, -0.15) is 0 Å². The van der Waals surface area contributed by atoms with Crippen LogP contribution in [0.15, 0.2) is 53.0 Å². The molecule has 1 amide bonds. The summed E-state index contributed by atoms with van der Waals surface area (Å²) in [6.07, 6.45) is -0.571. The largest absolute Gasteiger partial charge is 0.490 e. The predicted octanol–water partition coefficient (Wildman–Crippen LogP) is 3.89. The first-order valence-corrected chi connectivity index (χ1v) is 8.28. The highest BCUT2D eigenvalue weighted by atomic mass is 79.9. The maximum atomic E-state index is 12.3. The van der Waals surface area contributed by atoms with Crippen LogP contribution < -0.4 is 9.64 Å². The minimum Gasteiger partial charge on any atom is -0.490 e. The highest BCUT2D eigenvalue weighted by molar-refractivity contribution is 9.10. The van der Waals surface area contributed by atoms with Gasteiger partial charge in [0.25, 0.3) is 0 Å². The molecule has 2 aromatic rings. The van der Waals surface area contributed by atoms with E-state index in [1.165, 1.54) is 19.1 Å². The lowest BCUT2D eigenvalue weighted by Crippen LogP contribution is -2.28. The zero-order valence-electron chi connectivity index (χ0n) is 13.9. The van der Waals surface area contributed by atoms with Crippen LogP contribution in [0, 0.1) is 0 Å². The van der Waals surface area contributed by atoms with Gasteiger partial charge < -0.3 is 14.2 Å². The minimum atomic E-state index is -0.571. The fourth-order valence-electron chi connectivity index (χ4n) is 2.08. The number of esters is 1. The normalized spacial score (nSPS) is 10.0. The number of carbonyl (C=O) groups excluding carboxylic acids is 2. The molecule has 0 N–H and O–H groups in total. The number of carbonyl (C=O) groups is 2. The van der Waals surface area contributed by atoms with Gasteiger partial charge in [-0.25, -0.2) is 9.59 Å². The van der Waals surface area contributed by atoms with Gasteiger partial charge in [0.1, 0.15) is 19.0 Å². The topological polar surface area (TPSA) is 65.1 Å². The number of anilines is 1. The molecule has 132 valence electrons. The van der Waals surface area contributed by atoms with Crippen LogP contribution in [0.1, 0.15) is 10.4 Å². The van der Waals surface area contributed by atoms with Gasteiger partial charge in [0.15, 0.2) is 0 Å². The van der Waals surface area contributed by atoms with Crippen LogP contribution in [0.4, 0.5) is 10.5 Å². The second-order valence-electron chi connectivity index (χ2n) is 4.98. The molecule has 0 aliphatic carbocycles. The SMILES string of the molecule is COC(=O)N(C)c1ccccc1C(=O)OCCOc1ccc(Br)cc1. The molecule has 2 aromatic carbocycles. The lowest BCUT2D eigenvalue weighted by atomic mass is 10.1. The molecule has 25 heavy (non-hydrogen) atoms. The Kier molecular flexibility index (Phi) is 6.82. The van der Waals surface area contributed by atoms with Crippen molar-refractivity contribution in [2.75, 3.05) is 32.3 Å². The van der Waals surface area contributed by atoms with E-state index in [-0.39, 0.29) is 18.8 Å². The van der Waals surface area contributed by atoms with Crippen molar-refractivity contribution < 1.29 is 23.8 Å². The summed E-state index contributed by atoms with van der Waals surface area (Å²) in [5.74, 6) is 0.149. The molecule has 2 rings (SSSR count). The van der Waals surface area contributed by atoms with E-state index in [4.69, 9.17) is 9.47 Å². The molecule has 0 radical (unpaired) electrons. The zero-order chi connectivity index (χ0) is 18.2. The first kappa shape index (κ1) is 18.8. The van der Waals surface area contributed by atoms with Crippen LogP contribution in [0.5, 0.6) is 5.75 Å². The number of benzene rings is 2. The highest BCUT2D eigenvalue weighted by Gasteiger charge is 2.19. The molecule has 0 aromatic heterocycles. The van der Waals surface area contributed by atoms with Crippen LogP contribution in [-0.4, -0.2) is 39.4 Å². The number of amides is 1. The van der Waals surface area contributed by atoms with Crippen molar-refractivity contribution in [3.05, 3.63) is 58.6 Å². The quantitative estimate of drug-likeness (QED) is 0.536. The third kappa shape index (κ3) is 5.22. The molecule has 0 heterocycles. The van der Waals surface area contributed by atoms with Gasteiger partial charge in [0, 0.05) is 11.5 Å². The summed E-state index contributed by atoms with van der Waals surface area (Å²) in [6, 6.07) is 14.0. The average molecular weight is 408 g/mol. The molecule has 0 saturated heterocycles. The molecule has 0 fully saturated rings. The highest BCUT2D eigenvalue weighted by Crippen LogP contribution is 2.21. The van der Waals surface area contributed by atoms with Crippen molar-refractivity contribution in [3.8, 4) is 5.75 Å². The monoisotopic (exact) mass is 407 g/mol. The van der Waals surface area contributed by atoms with Gasteiger partial charge in [-0.1, -0.05) is 28.1 Å². The molecule has 7 heteroatoms. The number of para-hydroxylation sites is 1. The van der Waals surface area contributed by atoms with E-state index in [9.17, 15) is 9.59 Å². The molecule has 0 atom stereocenters. The second-order valence-corrected chi connectivity index (χ2v) is 5.90. The van der Waals surface area contributed by atoms with Crippen LogP contribution in [0.2, 0.25) is 0 Å². The number of nitrogens with zero attached hydrogens (tertiary/aromatic N) is 1. The van der Waals surface area contributed by atoms with Crippen LogP contribution in [-0.2, 0) is 9.47 Å². The number of hydrogen-bond acceptors (Lipinski definition) is 5. The van der Waals surface area contributed by atoms with E-state index in [1.807, 2.05) is 24.3 Å². The molecule has 0 unspecified atom stereocenters. The lowest BCUT2D eigenvalue weighted by molar-refractivity contribution is 0.0451. The number of rotatable bonds is 6. The summed E-state index contributed by atoms with van der Waals surface area (Å²) in [6.45, 7) is 0.313. The fourth-order valence-corrected chi connectivity index (χ4v) is 2.34. The predicted molar refractivity (Wildman–Crippen MR) is 97.2 cm³/mol. The Labute approximate surface area is 154 Å². The third-order valence-electron chi connectivity index (χ3n) is 3.33. The summed E-state index contributed by atoms with van der Waals surface area (Å²) >= 11 is 3.34. The summed E-state index contributed by atoms with van der Waals surface area (Å²) in [5.41, 5.74) is 0.687. The van der Waals surface area contributed by atoms with E-state index in [0.717, 1.165) is 4.47 Å². The molecule has 0 aliphatic heterocycles. The van der Waals surface area contributed by atoms with Gasteiger partial charge in [-0.05, 0) is 36.4 Å². The Balaban J connectivity index is 1.92. The van der Waals surface area contributed by atoms with Gasteiger partial charge in [0.2, 0.25) is 0 Å². The Morgan fingerprint density at radius 1 is 1.04 bits per heavy atom. The van der Waals surface area contributed by atoms with E-state index in [2.05, 4.69) is 20.7 Å². The molecule has 6 nitrogen and oxygen atoms in total. The second kappa shape index (κ2) is 9.08. The van der Waals surface area contributed by atoms with Gasteiger partial charge in [-0.3, -0.25) is 4.90 Å². The van der Waals surface area contributed by atoms with Crippen molar-refractivity contribution in [3.63, 3.8) is 0 Å². The summed E-state index contributed by atoms with van der Waals surface area (Å²) in [5, 5.41) is 0. The van der Waals surface area contributed by atoms with E-state index < -0.39 is 12.1 Å². The molecular weight excluding hydrogens is 390 g/mol. The maximum absolute atomic E-state index is 12.3. The molecular formula is C18H18BrNO5. The Morgan fingerprint density at radius 3 is 2.40 bits per heavy atom. The average Bonchev–Trinajstić information content (AvgIpc) is 2.65. The Morgan fingerprint density at radius 2 is 1.72 bits per heavy atom. The minimum absolute atomic E-state index is 0.0885. The van der Waals surface area contributed by atoms with Gasteiger partial charge in [0.05, 0.1) is 18.4 Å². The Hall–Kier alpha value is -2.54. The van der Waals surface area contributed by atoms with Crippen molar-refractivity contribution in [1.29, 1.82) is 0 Å². The third-order valence-corrected chi connectivity index (χ3v) is 3.86. The van der Waals surface area contributed by atoms with Gasteiger partial charge in [-0.15, -0.1) is 0 Å². The van der Waals surface area contributed by atoms with E-state index in [0.29, 0.717) is 11.4 Å². The van der Waals surface area contributed by atoms with Gasteiger partial charge >= 0.3 is 12.1 Å². The zero-order valence-corrected chi connectivity index (χ0v) is 15.5. The van der Waals surface area contributed by atoms with Crippen molar-refractivity contribution >= 4 is 33.7 Å². The fraction of sp³-hybridized carbons (Fsp3) is 0.222. The van der Waals surface area contributed by atoms with Crippen LogP contribution in [0.25, 0.3) is 0 Å². The first-order valence-electron chi connectivity index (χ1n) is 7.49. The molecule has 0 aliphatic rings. The van der Waals surface area contributed by atoms with Crippen LogP contribution >= 0.6 is 15.9 Å². The van der Waals surface area contributed by atoms with E-state index >= 15 is 0 Å². The van der Waals surface area contributed by atoms with Crippen molar-refractivity contribution in [2.24, 2.45) is 0 Å². The lowest BCUT2D eigenvalue weighted by Gasteiger charge is -2.18. The number of methoxy groups -OCH3 is 1. The summed E-state index contributed by atoms with van der Waals surface area (Å²) in [4.78, 5) is 25.2. The summed E-state index contributed by atoms with van der Waals surface area (Å²) in [7, 11) is 2.80. The standard InChI is InChI=1S/C18H18BrNO5/c1-20(18(22)23-2)16-6-4-3-5-15(16)17(21)25-12-11-24-14-9-7-13(19)8-10-14/h3-10H,11-12H2,1-2H3. The smallest absolute Gasteiger partial charge is 0.413 e. The Bertz CT molecular complexity index is 733. The number of halogens is 1. The first-order chi connectivity index (χ1) is 12.0. The molecule has 0 bridgehead atoms. The van der Waals surface area contributed by atoms with Crippen molar-refractivity contribution in [2.45, 2.75) is 0 Å². The number of ether oxygens (including phenoxy) is 3. The maximum Gasteiger partial charge on any atom is 0.413 e. The van der Waals surface area contributed by atoms with Crippen molar-refractivity contribution in [1.82, 2.24) is 0 Å².